The Kier molecular flexibility index (Phi) is 4.44. The van der Waals surface area contributed by atoms with E-state index in [4.69, 9.17) is 4.74 Å². The van der Waals surface area contributed by atoms with Crippen LogP contribution in [-0.2, 0) is 0 Å². The quantitative estimate of drug-likeness (QED) is 0.668. The fourth-order valence-corrected chi connectivity index (χ4v) is 3.65. The molecule has 1 fully saturated rings. The molecule has 5 heteroatoms. The van der Waals surface area contributed by atoms with Crippen molar-refractivity contribution in [3.8, 4) is 16.9 Å². The van der Waals surface area contributed by atoms with Crippen LogP contribution in [-0.4, -0.2) is 33.3 Å². The average Bonchev–Trinajstić information content (AvgIpc) is 2.72. The Balaban J connectivity index is 1.52. The minimum absolute atomic E-state index is 0.358. The van der Waals surface area contributed by atoms with E-state index in [1.54, 1.807) is 7.11 Å². The van der Waals surface area contributed by atoms with Crippen LogP contribution in [0.1, 0.15) is 5.56 Å². The van der Waals surface area contributed by atoms with E-state index in [1.165, 1.54) is 0 Å². The summed E-state index contributed by atoms with van der Waals surface area (Å²) in [5, 5.41) is 0. The molecule has 0 N–H and O–H groups in total. The third-order valence-corrected chi connectivity index (χ3v) is 5.26. The Hall–Kier alpha value is -3.08. The lowest BCUT2D eigenvalue weighted by atomic mass is 9.96. The van der Waals surface area contributed by atoms with E-state index in [1.807, 2.05) is 55.5 Å². The van der Waals surface area contributed by atoms with Crippen molar-refractivity contribution in [1.29, 1.82) is 0 Å². The van der Waals surface area contributed by atoms with Gasteiger partial charge in [-0.2, -0.15) is 0 Å². The van der Waals surface area contributed by atoms with Gasteiger partial charge in [-0.1, -0.05) is 29.8 Å². The average molecular weight is 362 g/mol. The molecule has 1 saturated heterocycles. The van der Waals surface area contributed by atoms with E-state index in [0.717, 1.165) is 48.7 Å². The van der Waals surface area contributed by atoms with Crippen LogP contribution in [0.2, 0.25) is 0 Å². The summed E-state index contributed by atoms with van der Waals surface area (Å²) in [6.07, 6.45) is 0. The normalized spacial score (nSPS) is 14.6. The molecule has 1 heterocycles. The van der Waals surface area contributed by atoms with Gasteiger partial charge in [0.05, 0.1) is 12.7 Å². The maximum Gasteiger partial charge on any atom is 0.250 e. The van der Waals surface area contributed by atoms with Crippen LogP contribution in [0.3, 0.4) is 0 Å². The zero-order valence-electron chi connectivity index (χ0n) is 15.6. The van der Waals surface area contributed by atoms with E-state index in [9.17, 15) is 9.59 Å². The Morgan fingerprint density at radius 2 is 1.37 bits per heavy atom. The topological polar surface area (TPSA) is 49.9 Å². The predicted molar refractivity (Wildman–Crippen MR) is 109 cm³/mol. The van der Waals surface area contributed by atoms with Crippen molar-refractivity contribution in [2.75, 3.05) is 43.1 Å². The Labute approximate surface area is 158 Å². The van der Waals surface area contributed by atoms with Crippen LogP contribution in [0.15, 0.2) is 58.1 Å². The maximum atomic E-state index is 12.3. The van der Waals surface area contributed by atoms with Crippen LogP contribution in [0.4, 0.5) is 11.4 Å². The van der Waals surface area contributed by atoms with E-state index in [2.05, 4.69) is 9.80 Å². The van der Waals surface area contributed by atoms with E-state index >= 15 is 0 Å². The molecule has 0 amide bonds. The van der Waals surface area contributed by atoms with Crippen molar-refractivity contribution in [2.45, 2.75) is 6.92 Å². The van der Waals surface area contributed by atoms with Gasteiger partial charge in [0.15, 0.2) is 0 Å². The number of hydrogen-bond acceptors (Lipinski definition) is 5. The van der Waals surface area contributed by atoms with Crippen molar-refractivity contribution in [1.82, 2.24) is 0 Å². The third kappa shape index (κ3) is 3.10. The van der Waals surface area contributed by atoms with Gasteiger partial charge in [-0.3, -0.25) is 9.59 Å². The van der Waals surface area contributed by atoms with Crippen LogP contribution < -0.4 is 25.4 Å². The first kappa shape index (κ1) is 17.3. The smallest absolute Gasteiger partial charge is 0.250 e. The largest absolute Gasteiger partial charge is 0.497 e. The molecule has 0 radical (unpaired) electrons. The molecule has 1 aliphatic heterocycles. The highest BCUT2D eigenvalue weighted by Crippen LogP contribution is 2.29. The zero-order valence-corrected chi connectivity index (χ0v) is 15.6. The summed E-state index contributed by atoms with van der Waals surface area (Å²) in [5.74, 6) is 0.837. The number of rotatable bonds is 4. The summed E-state index contributed by atoms with van der Waals surface area (Å²) in [4.78, 5) is 28.8. The molecular formula is C22H22N2O3. The molecular weight excluding hydrogens is 340 g/mol. The molecule has 0 bridgehead atoms. The minimum atomic E-state index is -0.369. The fraction of sp³-hybridized carbons (Fsp3) is 0.273. The van der Waals surface area contributed by atoms with Crippen molar-refractivity contribution >= 4 is 11.4 Å². The summed E-state index contributed by atoms with van der Waals surface area (Å²) in [6.45, 7) is 5.05. The maximum absolute atomic E-state index is 12.3. The van der Waals surface area contributed by atoms with E-state index in [-0.39, 0.29) is 10.9 Å². The number of hydrogen-bond donors (Lipinski definition) is 0. The monoisotopic (exact) mass is 362 g/mol. The highest BCUT2D eigenvalue weighted by atomic mass is 16.5. The molecule has 1 aliphatic rings. The van der Waals surface area contributed by atoms with Crippen molar-refractivity contribution < 1.29 is 4.74 Å². The van der Waals surface area contributed by atoms with Gasteiger partial charge in [-0.15, -0.1) is 0 Å². The van der Waals surface area contributed by atoms with Gasteiger partial charge in [0.1, 0.15) is 11.4 Å². The fourth-order valence-electron chi connectivity index (χ4n) is 3.65. The summed E-state index contributed by atoms with van der Waals surface area (Å²) in [7, 11) is 1.66. The highest BCUT2D eigenvalue weighted by molar-refractivity contribution is 5.83. The number of benzene rings is 2. The van der Waals surface area contributed by atoms with Crippen molar-refractivity contribution in [3.63, 3.8) is 0 Å². The Morgan fingerprint density at radius 1 is 0.778 bits per heavy atom. The van der Waals surface area contributed by atoms with E-state index < -0.39 is 0 Å². The lowest BCUT2D eigenvalue weighted by molar-refractivity contribution is 0.415. The Morgan fingerprint density at radius 3 is 1.96 bits per heavy atom. The molecule has 4 rings (SSSR count). The van der Waals surface area contributed by atoms with Crippen LogP contribution in [0, 0.1) is 6.92 Å². The number of ether oxygens (including phenoxy) is 1. The van der Waals surface area contributed by atoms with Gasteiger partial charge >= 0.3 is 0 Å². The number of nitrogens with zero attached hydrogens (tertiary/aromatic N) is 2. The first-order valence-electron chi connectivity index (χ1n) is 9.13. The third-order valence-electron chi connectivity index (χ3n) is 5.26. The van der Waals surface area contributed by atoms with Gasteiger partial charge < -0.3 is 14.5 Å². The van der Waals surface area contributed by atoms with Crippen LogP contribution in [0.5, 0.6) is 5.75 Å². The van der Waals surface area contributed by atoms with Crippen molar-refractivity contribution in [3.05, 3.63) is 74.5 Å². The van der Waals surface area contributed by atoms with Gasteiger partial charge in [0, 0.05) is 31.9 Å². The molecule has 3 aromatic rings. The first-order valence-corrected chi connectivity index (χ1v) is 9.13. The van der Waals surface area contributed by atoms with Gasteiger partial charge in [-0.05, 0) is 36.8 Å². The minimum Gasteiger partial charge on any atom is -0.497 e. The van der Waals surface area contributed by atoms with Crippen LogP contribution >= 0.6 is 0 Å². The highest BCUT2D eigenvalue weighted by Gasteiger charge is 2.29. The molecule has 0 atom stereocenters. The number of methoxy groups -OCH3 is 1. The van der Waals surface area contributed by atoms with Crippen molar-refractivity contribution in [2.24, 2.45) is 0 Å². The summed E-state index contributed by atoms with van der Waals surface area (Å²) in [5.41, 5.74) is 3.52. The van der Waals surface area contributed by atoms with Gasteiger partial charge in [0.2, 0.25) is 10.9 Å². The molecule has 27 heavy (non-hydrogen) atoms. The second kappa shape index (κ2) is 6.91. The Bertz CT molecular complexity index is 1010. The molecule has 0 spiro atoms. The lowest BCUT2D eigenvalue weighted by Gasteiger charge is -2.38. The zero-order chi connectivity index (χ0) is 19.0. The summed E-state index contributed by atoms with van der Waals surface area (Å²) < 4.78 is 5.21. The predicted octanol–water partition coefficient (Wildman–Crippen LogP) is 2.59. The first-order chi connectivity index (χ1) is 13.1. The second-order valence-corrected chi connectivity index (χ2v) is 6.92. The molecule has 138 valence electrons. The molecule has 0 saturated carbocycles. The van der Waals surface area contributed by atoms with Gasteiger partial charge in [-0.25, -0.2) is 0 Å². The lowest BCUT2D eigenvalue weighted by Crippen LogP contribution is -2.51. The number of piperazine rings is 1. The standard InChI is InChI=1S/C22H22N2O3/c1-15-3-5-16(6-4-15)19-20(22(26)21(19)25)24-13-11-23(12-14-24)17-7-9-18(27-2)10-8-17/h3-10H,11-14H2,1-2H3. The summed E-state index contributed by atoms with van der Waals surface area (Å²) in [6, 6.07) is 15.8. The summed E-state index contributed by atoms with van der Waals surface area (Å²) >= 11 is 0. The molecule has 0 aromatic heterocycles. The second-order valence-electron chi connectivity index (χ2n) is 6.92. The SMILES string of the molecule is COc1ccc(N2CCN(c3c(-c4ccc(C)cc4)c(=O)c3=O)CC2)cc1. The number of anilines is 2. The number of aryl methyl sites for hydroxylation is 1. The molecule has 3 aromatic carbocycles. The molecule has 0 unspecified atom stereocenters. The van der Waals surface area contributed by atoms with Crippen LogP contribution in [0.25, 0.3) is 11.1 Å². The van der Waals surface area contributed by atoms with E-state index in [0.29, 0.717) is 11.3 Å². The molecule has 0 aliphatic carbocycles. The van der Waals surface area contributed by atoms with Gasteiger partial charge in [0.25, 0.3) is 0 Å². The molecule has 5 nitrogen and oxygen atoms in total.